The van der Waals surface area contributed by atoms with Crippen LogP contribution in [0.3, 0.4) is 0 Å². The molecule has 2 aromatic rings. The second-order valence-electron chi connectivity index (χ2n) is 6.27. The lowest BCUT2D eigenvalue weighted by atomic mass is 9.87. The van der Waals surface area contributed by atoms with Crippen LogP contribution in [0.5, 0.6) is 5.75 Å². The SMILES string of the molecule is Cc1nc(-c2cnn(C)c2C=O)ncc1O[C@H]1CCC[C@H](C(=O)O)C1. The Morgan fingerprint density at radius 1 is 1.40 bits per heavy atom. The van der Waals surface area contributed by atoms with Crippen molar-refractivity contribution in [2.24, 2.45) is 13.0 Å². The minimum Gasteiger partial charge on any atom is -0.487 e. The zero-order valence-corrected chi connectivity index (χ0v) is 14.2. The van der Waals surface area contributed by atoms with Crippen molar-refractivity contribution in [3.8, 4) is 17.1 Å². The largest absolute Gasteiger partial charge is 0.487 e. The average Bonchev–Trinajstić information content (AvgIpc) is 2.97. The first-order valence-corrected chi connectivity index (χ1v) is 8.20. The number of rotatable bonds is 5. The molecular weight excluding hydrogens is 324 g/mol. The summed E-state index contributed by atoms with van der Waals surface area (Å²) < 4.78 is 7.41. The van der Waals surface area contributed by atoms with E-state index in [1.807, 2.05) is 0 Å². The first kappa shape index (κ1) is 17.1. The normalized spacial score (nSPS) is 20.2. The second kappa shape index (κ2) is 7.00. The zero-order valence-electron chi connectivity index (χ0n) is 14.2. The van der Waals surface area contributed by atoms with Gasteiger partial charge in [-0.05, 0) is 32.6 Å². The number of aromatic nitrogens is 4. The number of carbonyl (C=O) groups is 2. The van der Waals surface area contributed by atoms with Crippen LogP contribution >= 0.6 is 0 Å². The fraction of sp³-hybridized carbons (Fsp3) is 0.471. The Kier molecular flexibility index (Phi) is 4.78. The van der Waals surface area contributed by atoms with E-state index < -0.39 is 5.97 Å². The van der Waals surface area contributed by atoms with Gasteiger partial charge >= 0.3 is 5.97 Å². The lowest BCUT2D eigenvalue weighted by Gasteiger charge is -2.27. The molecule has 8 nitrogen and oxygen atoms in total. The highest BCUT2D eigenvalue weighted by molar-refractivity contribution is 5.83. The highest BCUT2D eigenvalue weighted by Crippen LogP contribution is 2.29. The van der Waals surface area contributed by atoms with E-state index in [0.717, 1.165) is 19.1 Å². The van der Waals surface area contributed by atoms with Gasteiger partial charge < -0.3 is 9.84 Å². The van der Waals surface area contributed by atoms with E-state index in [4.69, 9.17) is 4.74 Å². The number of aryl methyl sites for hydroxylation is 2. The highest BCUT2D eigenvalue weighted by atomic mass is 16.5. The number of carbonyl (C=O) groups excluding carboxylic acids is 1. The van der Waals surface area contributed by atoms with Crippen LogP contribution in [-0.4, -0.2) is 43.2 Å². The third-order valence-corrected chi connectivity index (χ3v) is 4.54. The van der Waals surface area contributed by atoms with Crippen molar-refractivity contribution in [3.63, 3.8) is 0 Å². The van der Waals surface area contributed by atoms with E-state index in [1.165, 1.54) is 4.68 Å². The van der Waals surface area contributed by atoms with E-state index in [9.17, 15) is 14.7 Å². The van der Waals surface area contributed by atoms with Gasteiger partial charge in [-0.1, -0.05) is 0 Å². The van der Waals surface area contributed by atoms with Gasteiger partial charge in [0.05, 0.1) is 35.7 Å². The van der Waals surface area contributed by atoms with E-state index in [-0.39, 0.29) is 12.0 Å². The molecule has 25 heavy (non-hydrogen) atoms. The topological polar surface area (TPSA) is 107 Å². The number of ether oxygens (including phenoxy) is 1. The van der Waals surface area contributed by atoms with Crippen LogP contribution in [0.25, 0.3) is 11.4 Å². The van der Waals surface area contributed by atoms with Crippen LogP contribution in [-0.2, 0) is 11.8 Å². The first-order valence-electron chi connectivity index (χ1n) is 8.20. The third-order valence-electron chi connectivity index (χ3n) is 4.54. The minimum absolute atomic E-state index is 0.146. The number of hydrogen-bond acceptors (Lipinski definition) is 6. The van der Waals surface area contributed by atoms with Gasteiger partial charge in [0.15, 0.2) is 17.9 Å². The quantitative estimate of drug-likeness (QED) is 0.827. The lowest BCUT2D eigenvalue weighted by molar-refractivity contribution is -0.143. The molecule has 0 saturated heterocycles. The number of carboxylic acids is 1. The van der Waals surface area contributed by atoms with Gasteiger partial charge in [0, 0.05) is 7.05 Å². The van der Waals surface area contributed by atoms with Crippen molar-refractivity contribution < 1.29 is 19.4 Å². The summed E-state index contributed by atoms with van der Waals surface area (Å²) in [5.41, 5.74) is 1.61. The predicted octanol–water partition coefficient (Wildman–Crippen LogP) is 2.02. The fourth-order valence-electron chi connectivity index (χ4n) is 3.12. The standard InChI is InChI=1S/C17H20N4O4/c1-10-15(25-12-5-3-4-11(6-12)17(23)24)8-18-16(20-10)13-7-19-21(2)14(13)9-22/h7-9,11-12H,3-6H2,1-2H3,(H,23,24)/t11-,12-/m0/s1. The van der Waals surface area contributed by atoms with Crippen LogP contribution in [0.1, 0.15) is 41.9 Å². The molecule has 132 valence electrons. The molecule has 0 spiro atoms. The number of carboxylic acid groups (broad SMARTS) is 1. The van der Waals surface area contributed by atoms with Gasteiger partial charge in [0.1, 0.15) is 5.69 Å². The molecule has 2 heterocycles. The Bertz CT molecular complexity index is 802. The second-order valence-corrected chi connectivity index (χ2v) is 6.27. The summed E-state index contributed by atoms with van der Waals surface area (Å²) in [6.07, 6.45) is 6.54. The molecule has 0 bridgehead atoms. The molecule has 1 saturated carbocycles. The molecule has 3 rings (SSSR count). The molecule has 1 N–H and O–H groups in total. The van der Waals surface area contributed by atoms with E-state index in [0.29, 0.717) is 41.4 Å². The predicted molar refractivity (Wildman–Crippen MR) is 88.4 cm³/mol. The summed E-state index contributed by atoms with van der Waals surface area (Å²) in [5.74, 6) is -0.178. The van der Waals surface area contributed by atoms with Gasteiger partial charge in [-0.3, -0.25) is 14.3 Å². The lowest BCUT2D eigenvalue weighted by Crippen LogP contribution is -2.29. The molecule has 1 aliphatic rings. The molecule has 0 amide bonds. The number of aldehydes is 1. The van der Waals surface area contributed by atoms with E-state index in [2.05, 4.69) is 15.1 Å². The van der Waals surface area contributed by atoms with Crippen LogP contribution in [0.4, 0.5) is 0 Å². The summed E-state index contributed by atoms with van der Waals surface area (Å²) in [7, 11) is 1.68. The van der Waals surface area contributed by atoms with Crippen molar-refractivity contribution in [1.29, 1.82) is 0 Å². The number of hydrogen-bond donors (Lipinski definition) is 1. The van der Waals surface area contributed by atoms with Gasteiger partial charge in [0.25, 0.3) is 0 Å². The van der Waals surface area contributed by atoms with Crippen molar-refractivity contribution in [2.45, 2.75) is 38.7 Å². The Balaban J connectivity index is 1.78. The molecule has 0 aromatic carbocycles. The maximum absolute atomic E-state index is 11.2. The number of aliphatic carboxylic acids is 1. The molecule has 1 fully saturated rings. The van der Waals surface area contributed by atoms with Crippen molar-refractivity contribution in [2.75, 3.05) is 0 Å². The molecule has 8 heteroatoms. The monoisotopic (exact) mass is 344 g/mol. The number of nitrogens with zero attached hydrogens (tertiary/aromatic N) is 4. The molecule has 0 aliphatic heterocycles. The van der Waals surface area contributed by atoms with E-state index in [1.54, 1.807) is 26.4 Å². The molecule has 2 atom stereocenters. The summed E-state index contributed by atoms with van der Waals surface area (Å²) >= 11 is 0. The Hall–Kier alpha value is -2.77. The van der Waals surface area contributed by atoms with Crippen LogP contribution in [0.2, 0.25) is 0 Å². The van der Waals surface area contributed by atoms with Crippen molar-refractivity contribution in [1.82, 2.24) is 19.7 Å². The highest BCUT2D eigenvalue weighted by Gasteiger charge is 2.28. The molecule has 0 unspecified atom stereocenters. The van der Waals surface area contributed by atoms with E-state index >= 15 is 0 Å². The summed E-state index contributed by atoms with van der Waals surface area (Å²) in [4.78, 5) is 31.1. The third kappa shape index (κ3) is 3.52. The van der Waals surface area contributed by atoms with Gasteiger partial charge in [0.2, 0.25) is 0 Å². The van der Waals surface area contributed by atoms with Gasteiger partial charge in [-0.15, -0.1) is 0 Å². The average molecular weight is 344 g/mol. The van der Waals surface area contributed by atoms with Crippen molar-refractivity contribution >= 4 is 12.3 Å². The van der Waals surface area contributed by atoms with Crippen LogP contribution in [0.15, 0.2) is 12.4 Å². The maximum Gasteiger partial charge on any atom is 0.306 e. The Morgan fingerprint density at radius 3 is 2.88 bits per heavy atom. The van der Waals surface area contributed by atoms with Crippen LogP contribution < -0.4 is 4.74 Å². The van der Waals surface area contributed by atoms with Gasteiger partial charge in [-0.2, -0.15) is 5.10 Å². The fourth-order valence-corrected chi connectivity index (χ4v) is 3.12. The molecular formula is C17H20N4O4. The van der Waals surface area contributed by atoms with Gasteiger partial charge in [-0.25, -0.2) is 9.97 Å². The summed E-state index contributed by atoms with van der Waals surface area (Å²) in [5, 5.41) is 13.2. The smallest absolute Gasteiger partial charge is 0.306 e. The van der Waals surface area contributed by atoms with Crippen molar-refractivity contribution in [3.05, 3.63) is 23.8 Å². The first-order chi connectivity index (χ1) is 12.0. The Morgan fingerprint density at radius 2 is 2.20 bits per heavy atom. The molecule has 1 aliphatic carbocycles. The van der Waals surface area contributed by atoms with Crippen LogP contribution in [0, 0.1) is 12.8 Å². The maximum atomic E-state index is 11.2. The minimum atomic E-state index is -0.769. The molecule has 2 aromatic heterocycles. The summed E-state index contributed by atoms with van der Waals surface area (Å²) in [6.45, 7) is 1.80. The zero-order chi connectivity index (χ0) is 18.0. The Labute approximate surface area is 144 Å². The summed E-state index contributed by atoms with van der Waals surface area (Å²) in [6, 6.07) is 0. The molecule has 0 radical (unpaired) electrons.